The minimum atomic E-state index is -2.05. The van der Waals surface area contributed by atoms with Gasteiger partial charge in [0.15, 0.2) is 6.29 Å². The van der Waals surface area contributed by atoms with Crippen molar-refractivity contribution in [1.82, 2.24) is 0 Å². The first-order chi connectivity index (χ1) is 29.4. The molecule has 6 N–H and O–H groups in total. The van der Waals surface area contributed by atoms with Gasteiger partial charge >= 0.3 is 234 Å². The predicted molar refractivity (Wildman–Crippen MR) is 215 cm³/mol. The fourth-order valence-electron chi connectivity index (χ4n) is 6.88. The molecule has 3 saturated heterocycles. The van der Waals surface area contributed by atoms with Crippen LogP contribution in [-0.2, 0) is 63.4 Å². The Hall–Kier alpha value is -2.82. The fourth-order valence-corrected chi connectivity index (χ4v) is 7.69. The summed E-state index contributed by atoms with van der Waals surface area (Å²) in [5.41, 5.74) is 1.56. The van der Waals surface area contributed by atoms with Crippen LogP contribution in [0.25, 0.3) is 0 Å². The summed E-state index contributed by atoms with van der Waals surface area (Å²) >= 11 is 18.1. The van der Waals surface area contributed by atoms with Gasteiger partial charge in [0.2, 0.25) is 5.79 Å². The molecule has 23 heteroatoms. The summed E-state index contributed by atoms with van der Waals surface area (Å²) < 4.78 is 57.7. The van der Waals surface area contributed by atoms with Gasteiger partial charge < -0.3 is 34.6 Å². The molecular weight excluding hydrogens is 868 g/mol. The maximum absolute atomic E-state index is 12.9. The van der Waals surface area contributed by atoms with Crippen LogP contribution in [0.1, 0.15) is 43.1 Å². The SMILES string of the molecule is N=BO[C@@H](COC(=O)CCCCC(=O)OCC1O[C@H](O[C@]2(CCl)O[C@H](CCl)C(O)C2O)C(O)[C@@H](O)[C@H]1Cl)C(OCc1ccccc1)C1OC(c2ccccc2)OC[C@@H]1OB=N. The number of nitrogens with one attached hydrogen (secondary N) is 2. The first-order valence-electron chi connectivity index (χ1n) is 19.5. The molecule has 0 spiro atoms. The number of ether oxygens (including phenoxy) is 8. The van der Waals surface area contributed by atoms with Crippen molar-refractivity contribution in [1.29, 1.82) is 10.6 Å². The number of halogens is 3. The molecular formula is C38H49B2Cl3N2O16. The molecule has 0 saturated carbocycles. The van der Waals surface area contributed by atoms with E-state index in [1.54, 1.807) is 0 Å². The van der Waals surface area contributed by atoms with Crippen LogP contribution in [0, 0.1) is 10.6 Å². The zero-order valence-electron chi connectivity index (χ0n) is 32.8. The topological polar surface area (TPSA) is 255 Å². The molecule has 3 fully saturated rings. The molecule has 18 nitrogen and oxygen atoms in total. The van der Waals surface area contributed by atoms with Crippen molar-refractivity contribution in [2.75, 3.05) is 31.6 Å². The van der Waals surface area contributed by atoms with E-state index in [1.807, 2.05) is 60.7 Å². The summed E-state index contributed by atoms with van der Waals surface area (Å²) in [5, 5.41) is 56.2. The van der Waals surface area contributed by atoms with E-state index in [2.05, 4.69) is 0 Å². The van der Waals surface area contributed by atoms with Gasteiger partial charge in [-0.25, -0.2) is 0 Å². The summed E-state index contributed by atoms with van der Waals surface area (Å²) in [7, 11) is 1.47. The quantitative estimate of drug-likeness (QED) is 0.0405. The van der Waals surface area contributed by atoms with Crippen molar-refractivity contribution in [3.63, 3.8) is 0 Å². The van der Waals surface area contributed by atoms with Gasteiger partial charge in [-0.1, -0.05) is 0 Å². The van der Waals surface area contributed by atoms with Gasteiger partial charge in [-0.15, -0.1) is 34.8 Å². The monoisotopic (exact) mass is 916 g/mol. The molecule has 0 aromatic heterocycles. The van der Waals surface area contributed by atoms with Crippen molar-refractivity contribution >= 4 is 61.3 Å². The van der Waals surface area contributed by atoms with E-state index in [4.69, 9.17) is 92.6 Å². The molecule has 2 aromatic carbocycles. The normalized spacial score (nSPS) is 32.1. The Kier molecular flexibility index (Phi) is 19.6. The molecule has 0 radical (unpaired) electrons. The molecule has 3 heterocycles. The van der Waals surface area contributed by atoms with Gasteiger partial charge in [0, 0.05) is 0 Å². The number of esters is 2. The second kappa shape index (κ2) is 24.3. The molecule has 3 aliphatic heterocycles. The zero-order chi connectivity index (χ0) is 43.9. The third-order valence-electron chi connectivity index (χ3n) is 10.2. The average molecular weight is 918 g/mol. The van der Waals surface area contributed by atoms with E-state index in [-0.39, 0.29) is 51.4 Å². The molecule has 3 aliphatic rings. The Morgan fingerprint density at radius 2 is 1.54 bits per heavy atom. The summed E-state index contributed by atoms with van der Waals surface area (Å²) in [6.45, 7) is -0.674. The number of benzene rings is 2. The molecule has 0 bridgehead atoms. The van der Waals surface area contributed by atoms with Crippen LogP contribution in [0.5, 0.6) is 0 Å². The number of hydrogen-bond donors (Lipinski definition) is 6. The van der Waals surface area contributed by atoms with Crippen molar-refractivity contribution in [2.24, 2.45) is 0 Å². The Morgan fingerprint density at radius 3 is 2.16 bits per heavy atom. The number of hydrogen-bond acceptors (Lipinski definition) is 18. The van der Waals surface area contributed by atoms with Crippen molar-refractivity contribution in [3.8, 4) is 0 Å². The first-order valence-corrected chi connectivity index (χ1v) is 21.0. The van der Waals surface area contributed by atoms with E-state index in [9.17, 15) is 30.0 Å². The third kappa shape index (κ3) is 13.1. The molecule has 0 amide bonds. The zero-order valence-corrected chi connectivity index (χ0v) is 35.1. The van der Waals surface area contributed by atoms with Crippen molar-refractivity contribution < 1.29 is 77.2 Å². The van der Waals surface area contributed by atoms with Crippen molar-refractivity contribution in [3.05, 3.63) is 71.8 Å². The van der Waals surface area contributed by atoms with Crippen LogP contribution >= 0.6 is 34.8 Å². The standard InChI is InChI=1S/C38H49B2Cl3N2O16/c41-15-23-30(48)35(51)38(20-42,58-23)59-37-32(50)31(49)29(43)24(56-37)17-52-27(46)13-7-8-14-28(47)53-18-25(60-39-44)33(54-16-21-9-3-1-4-10-21)34-26(61-40-45)19-55-36(57-34)22-11-5-2-6-12-22/h1-6,9-12,23-26,29-37,44-45,48-51H,7-8,13-20H2/t23-,24?,25+,26+,29+,30?,31+,32?,33?,34?,35?,36?,37-,38+/m1/s1. The molecule has 334 valence electrons. The van der Waals surface area contributed by atoms with E-state index in [0.717, 1.165) is 18.4 Å². The Morgan fingerprint density at radius 1 is 0.869 bits per heavy atom. The maximum atomic E-state index is 12.9. The number of alkyl halides is 3. The number of aliphatic hydroxyl groups is 4. The van der Waals surface area contributed by atoms with Crippen LogP contribution in [0.2, 0.25) is 0 Å². The molecule has 5 rings (SSSR count). The number of carbonyl (C=O) groups excluding carboxylic acids is 2. The van der Waals surface area contributed by atoms with Crippen LogP contribution in [0.4, 0.5) is 0 Å². The summed E-state index contributed by atoms with van der Waals surface area (Å²) in [4.78, 5) is 25.6. The van der Waals surface area contributed by atoms with Crippen LogP contribution in [0.15, 0.2) is 60.7 Å². The summed E-state index contributed by atoms with van der Waals surface area (Å²) in [6.07, 6.45) is -14.8. The third-order valence-corrected chi connectivity index (χ3v) is 11.4. The van der Waals surface area contributed by atoms with Gasteiger partial charge in [-0.3, -0.25) is 0 Å². The van der Waals surface area contributed by atoms with E-state index in [0.29, 0.717) is 7.27 Å². The van der Waals surface area contributed by atoms with Gasteiger partial charge in [0.1, 0.15) is 36.6 Å². The van der Waals surface area contributed by atoms with Gasteiger partial charge in [-0.05, 0) is 0 Å². The Balaban J connectivity index is 1.12. The van der Waals surface area contributed by atoms with E-state index >= 15 is 0 Å². The molecule has 7 unspecified atom stereocenters. The molecule has 0 aliphatic carbocycles. The van der Waals surface area contributed by atoms with Gasteiger partial charge in [0.05, 0.1) is 17.1 Å². The Bertz CT molecular complexity index is 1690. The van der Waals surface area contributed by atoms with Crippen LogP contribution in [-0.4, -0.2) is 157 Å². The summed E-state index contributed by atoms with van der Waals surface area (Å²) in [6, 6.07) is 18.5. The number of unbranched alkanes of at least 4 members (excludes halogenated alkanes) is 1. The number of rotatable bonds is 23. The van der Waals surface area contributed by atoms with Crippen molar-refractivity contribution in [2.45, 2.75) is 117 Å². The summed E-state index contributed by atoms with van der Waals surface area (Å²) in [5.74, 6) is -4.07. The van der Waals surface area contributed by atoms with Crippen LogP contribution < -0.4 is 0 Å². The second-order valence-electron chi connectivity index (χ2n) is 14.4. The van der Waals surface area contributed by atoms with Gasteiger partial charge in [-0.2, -0.15) is 0 Å². The average Bonchev–Trinajstić information content (AvgIpc) is 3.52. The number of carbonyl (C=O) groups is 2. The van der Waals surface area contributed by atoms with E-state index in [1.165, 1.54) is 0 Å². The number of aliphatic hydroxyl groups excluding tert-OH is 4. The fraction of sp³-hybridized carbons (Fsp3) is 0.632. The molecule has 14 atom stereocenters. The van der Waals surface area contributed by atoms with Gasteiger partial charge in [0.25, 0.3) is 0 Å². The Labute approximate surface area is 368 Å². The predicted octanol–water partition coefficient (Wildman–Crippen LogP) is 2.23. The molecule has 2 aromatic rings. The minimum absolute atomic E-state index is 0.0294. The second-order valence-corrected chi connectivity index (χ2v) is 15.5. The molecule has 61 heavy (non-hydrogen) atoms. The first kappa shape index (κ1) is 49.2. The van der Waals surface area contributed by atoms with Crippen LogP contribution in [0.3, 0.4) is 0 Å². The van der Waals surface area contributed by atoms with E-state index < -0.39 is 109 Å².